The second-order valence-corrected chi connectivity index (χ2v) is 9.28. The lowest BCUT2D eigenvalue weighted by Crippen LogP contribution is -2.44. The summed E-state index contributed by atoms with van der Waals surface area (Å²) in [6.07, 6.45) is 20.1. The van der Waals surface area contributed by atoms with Crippen LogP contribution in [-0.2, 0) is 4.79 Å². The molecule has 24 heavy (non-hydrogen) atoms. The molecule has 6 atom stereocenters. The monoisotopic (exact) mass is 326 g/mol. The van der Waals surface area contributed by atoms with Crippen LogP contribution in [0.5, 0.6) is 0 Å². The molecule has 132 valence electrons. The third kappa shape index (κ3) is 2.63. The maximum Gasteiger partial charge on any atom is 0.155 e. The van der Waals surface area contributed by atoms with Crippen LogP contribution < -0.4 is 0 Å². The van der Waals surface area contributed by atoms with Crippen molar-refractivity contribution in [2.75, 3.05) is 0 Å². The van der Waals surface area contributed by atoms with E-state index in [4.69, 9.17) is 0 Å². The number of fused-ring (bicyclic) bond motifs is 5. The van der Waals surface area contributed by atoms with E-state index in [2.05, 4.69) is 26.0 Å². The molecule has 1 nitrogen and oxygen atoms in total. The minimum Gasteiger partial charge on any atom is -0.295 e. The van der Waals surface area contributed by atoms with E-state index in [-0.39, 0.29) is 0 Å². The Hall–Kier alpha value is -0.850. The van der Waals surface area contributed by atoms with Gasteiger partial charge in [-0.25, -0.2) is 0 Å². The van der Waals surface area contributed by atoms with Gasteiger partial charge in [-0.3, -0.25) is 4.79 Å². The first-order valence-electron chi connectivity index (χ1n) is 10.6. The molecule has 2 fully saturated rings. The Morgan fingerprint density at radius 2 is 2.04 bits per heavy atom. The molecular formula is C23H34O. The number of allylic oxidation sites excluding steroid dienone is 4. The van der Waals surface area contributed by atoms with E-state index in [9.17, 15) is 4.79 Å². The number of carbonyl (C=O) groups excluding carboxylic acids is 1. The second kappa shape index (κ2) is 6.46. The van der Waals surface area contributed by atoms with Gasteiger partial charge < -0.3 is 0 Å². The highest BCUT2D eigenvalue weighted by molar-refractivity contribution is 5.91. The molecule has 0 spiro atoms. The molecule has 4 aliphatic rings. The fourth-order valence-electron chi connectivity index (χ4n) is 6.88. The summed E-state index contributed by atoms with van der Waals surface area (Å²) >= 11 is 0. The molecule has 0 N–H and O–H groups in total. The van der Waals surface area contributed by atoms with Crippen molar-refractivity contribution in [1.82, 2.24) is 0 Å². The van der Waals surface area contributed by atoms with Crippen LogP contribution in [0.2, 0.25) is 0 Å². The predicted molar refractivity (Wildman–Crippen MR) is 99.6 cm³/mol. The third-order valence-corrected chi connectivity index (χ3v) is 8.22. The van der Waals surface area contributed by atoms with Crippen molar-refractivity contribution >= 4 is 5.78 Å². The molecule has 0 bridgehead atoms. The molecule has 0 saturated heterocycles. The van der Waals surface area contributed by atoms with E-state index < -0.39 is 0 Å². The number of unbranched alkanes of at least 4 members (excludes halogenated alkanes) is 2. The summed E-state index contributed by atoms with van der Waals surface area (Å²) in [4.78, 5) is 11.8. The highest BCUT2D eigenvalue weighted by Crippen LogP contribution is 2.63. The minimum absolute atomic E-state index is 0.349. The van der Waals surface area contributed by atoms with Crippen LogP contribution in [0.25, 0.3) is 0 Å². The molecule has 4 rings (SSSR count). The van der Waals surface area contributed by atoms with Gasteiger partial charge in [-0.15, -0.1) is 0 Å². The van der Waals surface area contributed by atoms with Gasteiger partial charge in [-0.2, -0.15) is 0 Å². The Kier molecular flexibility index (Phi) is 4.47. The molecule has 0 amide bonds. The van der Waals surface area contributed by atoms with Crippen LogP contribution in [-0.4, -0.2) is 5.78 Å². The Morgan fingerprint density at radius 3 is 2.88 bits per heavy atom. The van der Waals surface area contributed by atoms with Gasteiger partial charge in [0.2, 0.25) is 0 Å². The molecule has 0 aromatic rings. The largest absolute Gasteiger partial charge is 0.295 e. The summed E-state index contributed by atoms with van der Waals surface area (Å²) in [5, 5.41) is 0. The Balaban J connectivity index is 1.54. The summed E-state index contributed by atoms with van der Waals surface area (Å²) in [6.45, 7) is 4.94. The quantitative estimate of drug-likeness (QED) is 0.570. The van der Waals surface area contributed by atoms with Crippen molar-refractivity contribution < 1.29 is 4.79 Å². The summed E-state index contributed by atoms with van der Waals surface area (Å²) in [6, 6.07) is 0. The number of carbonyl (C=O) groups is 1. The van der Waals surface area contributed by atoms with Gasteiger partial charge in [0.1, 0.15) is 0 Å². The lowest BCUT2D eigenvalue weighted by Gasteiger charge is -2.52. The highest BCUT2D eigenvalue weighted by atomic mass is 16.1. The number of rotatable bonds is 4. The van der Waals surface area contributed by atoms with Crippen molar-refractivity contribution in [2.45, 2.75) is 78.1 Å². The van der Waals surface area contributed by atoms with Crippen LogP contribution in [0.3, 0.4) is 0 Å². The van der Waals surface area contributed by atoms with Crippen molar-refractivity contribution in [1.29, 1.82) is 0 Å². The van der Waals surface area contributed by atoms with Gasteiger partial charge in [0.25, 0.3) is 0 Å². The maximum absolute atomic E-state index is 11.8. The second-order valence-electron chi connectivity index (χ2n) is 9.28. The van der Waals surface area contributed by atoms with Gasteiger partial charge in [-0.05, 0) is 85.2 Å². The third-order valence-electron chi connectivity index (χ3n) is 8.22. The average molecular weight is 327 g/mol. The SMILES string of the molecule is CCCCC[C@@H]1CC[C@H]2[C@@H]3C=CC4=CC(=O)CC[C@@H]4[C@H]3CC[C@]12C. The van der Waals surface area contributed by atoms with Gasteiger partial charge in [0.15, 0.2) is 5.78 Å². The summed E-state index contributed by atoms with van der Waals surface area (Å²) in [5.41, 5.74) is 1.94. The van der Waals surface area contributed by atoms with Crippen molar-refractivity contribution in [3.8, 4) is 0 Å². The van der Waals surface area contributed by atoms with E-state index in [1.54, 1.807) is 0 Å². The maximum atomic E-state index is 11.8. The molecule has 1 heteroatoms. The molecule has 0 radical (unpaired) electrons. The van der Waals surface area contributed by atoms with E-state index >= 15 is 0 Å². The molecule has 0 aromatic heterocycles. The lowest BCUT2D eigenvalue weighted by molar-refractivity contribution is -0.115. The molecule has 0 heterocycles. The number of ketones is 1. The lowest BCUT2D eigenvalue weighted by atomic mass is 9.53. The minimum atomic E-state index is 0.349. The van der Waals surface area contributed by atoms with Crippen molar-refractivity contribution in [2.24, 2.45) is 35.0 Å². The van der Waals surface area contributed by atoms with Gasteiger partial charge in [0.05, 0.1) is 0 Å². The Bertz CT molecular complexity index is 556. The zero-order valence-electron chi connectivity index (χ0n) is 15.6. The first kappa shape index (κ1) is 16.6. The molecular weight excluding hydrogens is 292 g/mol. The average Bonchev–Trinajstić information content (AvgIpc) is 2.91. The van der Waals surface area contributed by atoms with Crippen LogP contribution in [0, 0.1) is 35.0 Å². The standard InChI is InChI=1S/C23H34O/c1-3-4-5-6-17-8-12-22-21-10-7-16-15-18(24)9-11-19(16)20(21)13-14-23(17,22)2/h7,10,15,17,19-22H,3-6,8-9,11-14H2,1-2H3/t17-,19+,20-,21-,22+,23-/m1/s1. The van der Waals surface area contributed by atoms with Gasteiger partial charge in [-0.1, -0.05) is 45.3 Å². The predicted octanol–water partition coefficient (Wildman–Crippen LogP) is 6.10. The van der Waals surface area contributed by atoms with Crippen molar-refractivity contribution in [3.63, 3.8) is 0 Å². The molecule has 2 saturated carbocycles. The van der Waals surface area contributed by atoms with Crippen LogP contribution >= 0.6 is 0 Å². The molecule has 4 aliphatic carbocycles. The van der Waals surface area contributed by atoms with Crippen molar-refractivity contribution in [3.05, 3.63) is 23.8 Å². The van der Waals surface area contributed by atoms with Crippen LogP contribution in [0.4, 0.5) is 0 Å². The molecule has 0 aromatic carbocycles. The summed E-state index contributed by atoms with van der Waals surface area (Å²) in [7, 11) is 0. The van der Waals surface area contributed by atoms with Gasteiger partial charge >= 0.3 is 0 Å². The Morgan fingerprint density at radius 1 is 1.17 bits per heavy atom. The summed E-state index contributed by atoms with van der Waals surface area (Å²) < 4.78 is 0. The zero-order chi connectivity index (χ0) is 16.7. The first-order valence-corrected chi connectivity index (χ1v) is 10.6. The van der Waals surface area contributed by atoms with Gasteiger partial charge in [0, 0.05) is 6.42 Å². The van der Waals surface area contributed by atoms with Crippen LogP contribution in [0.15, 0.2) is 23.8 Å². The smallest absolute Gasteiger partial charge is 0.155 e. The normalized spacial score (nSPS) is 43.8. The number of hydrogen-bond acceptors (Lipinski definition) is 1. The number of hydrogen-bond donors (Lipinski definition) is 0. The molecule has 0 unspecified atom stereocenters. The van der Waals surface area contributed by atoms with E-state index in [0.717, 1.165) is 36.5 Å². The van der Waals surface area contributed by atoms with Crippen LogP contribution in [0.1, 0.15) is 78.1 Å². The fraction of sp³-hybridized carbons (Fsp3) is 0.783. The van der Waals surface area contributed by atoms with E-state index in [1.807, 2.05) is 6.08 Å². The highest BCUT2D eigenvalue weighted by Gasteiger charge is 2.54. The Labute approximate surface area is 148 Å². The summed E-state index contributed by atoms with van der Waals surface area (Å²) in [5.74, 6) is 4.51. The molecule has 0 aliphatic heterocycles. The van der Waals surface area contributed by atoms with E-state index in [0.29, 0.717) is 17.1 Å². The first-order chi connectivity index (χ1) is 11.6. The fourth-order valence-corrected chi connectivity index (χ4v) is 6.88. The zero-order valence-corrected chi connectivity index (χ0v) is 15.6. The van der Waals surface area contributed by atoms with E-state index in [1.165, 1.54) is 56.9 Å². The topological polar surface area (TPSA) is 17.1 Å².